The van der Waals surface area contributed by atoms with Gasteiger partial charge in [-0.3, -0.25) is 9.59 Å². The summed E-state index contributed by atoms with van der Waals surface area (Å²) >= 11 is 0. The summed E-state index contributed by atoms with van der Waals surface area (Å²) in [5, 5.41) is 204. The largest absolute Gasteiger partial charge is 0.477 e. The van der Waals surface area contributed by atoms with Gasteiger partial charge < -0.3 is 150 Å². The Morgan fingerprint density at radius 3 is 1.39 bits per heavy atom. The third-order valence-corrected chi connectivity index (χ3v) is 21.7. The first-order valence-corrected chi connectivity index (χ1v) is 41.1. The van der Waals surface area contributed by atoms with Crippen LogP contribution in [0.5, 0.6) is 0 Å². The molecule has 33 nitrogen and oxygen atoms in total. The van der Waals surface area contributed by atoms with Gasteiger partial charge in [-0.2, -0.15) is 0 Å². The molecule has 0 saturated carbocycles. The van der Waals surface area contributed by atoms with Crippen molar-refractivity contribution in [1.29, 1.82) is 0 Å². The molecule has 5 aliphatic rings. The standard InChI is InChI=1S/C77H140N2O31/c1-4-6-8-10-12-14-16-18-19-20-21-22-23-24-25-27-29-31-33-35-37-39-56(89)79-48(49(86)38-36-34-32-30-28-26-17-15-13-11-9-7-5-2)46-101-73-65(97)63(95)67(54(44-83)104-73)106-75-66(98)71(110-77(76(99)100)40-50(87)58(90)70(109-77)59(91)51(88)41-80)68(55(45-84)105-75)107-72-57(78-47(3)85)69(61(93)53(43-82)102-72)108-74-64(96)62(94)60(92)52(42-81)103-74/h36,38,48-55,57-75,80-84,86-88,90-98H,4-35,37,39-46H2,1-3H3,(H,78,85)(H,79,89)(H,99,100)/b38-36+/t48-,49+,50?,51+,52?,53?,54?,55?,57?,58+,59+,60-,61-,62-,63+,64?,65?,66?,67+,68-,69+,70?,71+,72-,73+,74-,75-,77-/m0/s1. The maximum absolute atomic E-state index is 13.6. The molecule has 5 fully saturated rings. The second-order valence-corrected chi connectivity index (χ2v) is 30.7. The predicted octanol–water partition coefficient (Wildman–Crippen LogP) is 1.15. The van der Waals surface area contributed by atoms with Gasteiger partial charge in [-0.1, -0.05) is 219 Å². The second kappa shape index (κ2) is 53.4. The summed E-state index contributed by atoms with van der Waals surface area (Å²) in [5.74, 6) is -6.84. The first-order valence-electron chi connectivity index (χ1n) is 41.1. The zero-order valence-corrected chi connectivity index (χ0v) is 65.1. The number of aliphatic carboxylic acids is 1. The first kappa shape index (κ1) is 97.6. The third-order valence-electron chi connectivity index (χ3n) is 21.7. The lowest BCUT2D eigenvalue weighted by Gasteiger charge is -2.52. The van der Waals surface area contributed by atoms with Gasteiger partial charge in [0.15, 0.2) is 25.2 Å². The molecule has 5 saturated heterocycles. The zero-order chi connectivity index (χ0) is 80.7. The highest BCUT2D eigenvalue weighted by Gasteiger charge is 2.62. The van der Waals surface area contributed by atoms with Crippen LogP contribution in [0.4, 0.5) is 0 Å². The Morgan fingerprint density at radius 2 is 0.900 bits per heavy atom. The Bertz CT molecular complexity index is 2480. The van der Waals surface area contributed by atoms with Crippen LogP contribution in [0.25, 0.3) is 0 Å². The van der Waals surface area contributed by atoms with E-state index in [0.29, 0.717) is 12.8 Å². The fourth-order valence-electron chi connectivity index (χ4n) is 14.9. The van der Waals surface area contributed by atoms with Crippen molar-refractivity contribution >= 4 is 17.8 Å². The van der Waals surface area contributed by atoms with E-state index in [0.717, 1.165) is 58.3 Å². The molecule has 0 radical (unpaired) electrons. The minimum absolute atomic E-state index is 0.139. The Morgan fingerprint density at radius 1 is 0.473 bits per heavy atom. The third kappa shape index (κ3) is 31.2. The average Bonchev–Trinajstić information content (AvgIpc) is 0.748. The molecule has 2 amide bonds. The summed E-state index contributed by atoms with van der Waals surface area (Å²) in [6, 6.07) is -3.03. The van der Waals surface area contributed by atoms with E-state index in [2.05, 4.69) is 24.5 Å². The Labute approximate surface area is 648 Å². The van der Waals surface area contributed by atoms with Crippen molar-refractivity contribution in [3.05, 3.63) is 12.2 Å². The van der Waals surface area contributed by atoms with Gasteiger partial charge in [-0.05, 0) is 19.3 Å². The van der Waals surface area contributed by atoms with Crippen molar-refractivity contribution in [1.82, 2.24) is 10.6 Å². The Balaban J connectivity index is 1.31. The first-order chi connectivity index (χ1) is 52.9. The summed E-state index contributed by atoms with van der Waals surface area (Å²) in [6.45, 7) is -0.597. The monoisotopic (exact) mass is 1590 g/mol. The number of allylic oxidation sites excluding steroid dienone is 1. The maximum atomic E-state index is 13.6. The number of carbonyl (C=O) groups excluding carboxylic acids is 2. The summed E-state index contributed by atoms with van der Waals surface area (Å²) in [5.41, 5.74) is 0. The molecule has 5 rings (SSSR count). The van der Waals surface area contributed by atoms with Crippen LogP contribution in [0, 0.1) is 0 Å². The summed E-state index contributed by atoms with van der Waals surface area (Å²) < 4.78 is 59.6. The maximum Gasteiger partial charge on any atom is 0.364 e. The summed E-state index contributed by atoms with van der Waals surface area (Å²) in [4.78, 5) is 40.3. The van der Waals surface area contributed by atoms with Crippen molar-refractivity contribution in [2.24, 2.45) is 0 Å². The van der Waals surface area contributed by atoms with Crippen LogP contribution in [-0.2, 0) is 61.8 Å². The summed E-state index contributed by atoms with van der Waals surface area (Å²) in [6.07, 6.45) is -10.7. The minimum atomic E-state index is -3.38. The molecule has 0 spiro atoms. The number of unbranched alkanes of at least 4 members (excludes halogenated alkanes) is 31. The molecule has 110 heavy (non-hydrogen) atoms. The lowest BCUT2D eigenvalue weighted by Crippen LogP contribution is -2.71. The van der Waals surface area contributed by atoms with E-state index >= 15 is 0 Å². The molecule has 644 valence electrons. The molecule has 0 aromatic rings. The molecule has 5 aliphatic heterocycles. The number of nitrogens with one attached hydrogen (secondary N) is 2. The number of hydrogen-bond acceptors (Lipinski definition) is 30. The van der Waals surface area contributed by atoms with Gasteiger partial charge in [-0.25, -0.2) is 4.79 Å². The van der Waals surface area contributed by atoms with E-state index < -0.39 is 229 Å². The lowest BCUT2D eigenvalue weighted by molar-refractivity contribution is -0.406. The van der Waals surface area contributed by atoms with Crippen molar-refractivity contribution in [2.45, 2.75) is 417 Å². The molecule has 5 heterocycles. The van der Waals surface area contributed by atoms with Gasteiger partial charge in [-0.15, -0.1) is 0 Å². The van der Waals surface area contributed by atoms with Crippen LogP contribution in [0.15, 0.2) is 12.2 Å². The van der Waals surface area contributed by atoms with Crippen LogP contribution in [0.3, 0.4) is 0 Å². The molecule has 10 unspecified atom stereocenters. The number of amides is 2. The van der Waals surface area contributed by atoms with E-state index in [9.17, 15) is 106 Å². The predicted molar refractivity (Wildman–Crippen MR) is 394 cm³/mol. The van der Waals surface area contributed by atoms with Gasteiger partial charge in [0.2, 0.25) is 11.8 Å². The fraction of sp³-hybridized carbons (Fsp3) is 0.935. The van der Waals surface area contributed by atoms with Crippen molar-refractivity contribution in [2.75, 3.05) is 39.6 Å². The fourth-order valence-corrected chi connectivity index (χ4v) is 14.9. The second-order valence-electron chi connectivity index (χ2n) is 30.7. The molecular weight excluding hydrogens is 1450 g/mol. The van der Waals surface area contributed by atoms with E-state index in [4.69, 9.17) is 47.4 Å². The molecule has 20 N–H and O–H groups in total. The highest BCUT2D eigenvalue weighted by molar-refractivity contribution is 5.76. The quantitative estimate of drug-likeness (QED) is 0.0300. The van der Waals surface area contributed by atoms with Gasteiger partial charge in [0.1, 0.15) is 122 Å². The van der Waals surface area contributed by atoms with Crippen LogP contribution >= 0.6 is 0 Å². The number of carboxylic acid groups (broad SMARTS) is 1. The number of ether oxygens (including phenoxy) is 10. The van der Waals surface area contributed by atoms with Crippen molar-refractivity contribution in [3.8, 4) is 0 Å². The zero-order valence-electron chi connectivity index (χ0n) is 65.1. The highest BCUT2D eigenvalue weighted by Crippen LogP contribution is 2.41. The van der Waals surface area contributed by atoms with Gasteiger partial charge >= 0.3 is 5.97 Å². The van der Waals surface area contributed by atoms with E-state index in [-0.39, 0.29) is 12.3 Å². The topological polar surface area (TPSA) is 532 Å². The number of aliphatic hydroxyl groups is 17. The van der Waals surface area contributed by atoms with Crippen molar-refractivity contribution in [3.63, 3.8) is 0 Å². The van der Waals surface area contributed by atoms with E-state index in [1.54, 1.807) is 6.08 Å². The number of rotatable bonds is 57. The molecule has 0 aromatic carbocycles. The van der Waals surface area contributed by atoms with Gasteiger partial charge in [0, 0.05) is 19.8 Å². The van der Waals surface area contributed by atoms with Crippen LogP contribution in [0.1, 0.15) is 245 Å². The molecule has 0 bridgehead atoms. The summed E-state index contributed by atoms with van der Waals surface area (Å²) in [7, 11) is 0. The SMILES string of the molecule is CCCCCCCCCCCCC/C=C/[C@@H](O)[C@H](CO[C@@H]1OC(CO)[C@@H](O[C@@H]2OC(CO)[C@H](O[C@@H]3OC(CO)[C@H](O)[C@H](O[C@@H]4OC(CO)[C@H](O)[C@H](O)C4O)C3NC(C)=O)[C@H](O[C@]3(C(=O)O)CC(O)[C@@H](O)C([C@H](O)[C@H](O)CO)O3)C2O)[C@H](O)C1O)NC(=O)CCCCCCCCCCCCCCCCCCCCCCC. The molecule has 28 atom stereocenters. The van der Waals surface area contributed by atoms with Crippen LogP contribution in [0.2, 0.25) is 0 Å². The minimum Gasteiger partial charge on any atom is -0.477 e. The average molecular weight is 1590 g/mol. The van der Waals surface area contributed by atoms with E-state index in [1.807, 2.05) is 6.08 Å². The number of aliphatic hydroxyl groups excluding tert-OH is 17. The molecular formula is C77H140N2O31. The number of carbonyl (C=O) groups is 3. The van der Waals surface area contributed by atoms with Crippen LogP contribution < -0.4 is 10.6 Å². The molecule has 0 aliphatic carbocycles. The smallest absolute Gasteiger partial charge is 0.364 e. The van der Waals surface area contributed by atoms with Crippen LogP contribution in [-0.4, -0.2) is 321 Å². The highest BCUT2D eigenvalue weighted by atomic mass is 16.8. The number of hydrogen-bond donors (Lipinski definition) is 20. The Hall–Kier alpha value is -2.93. The lowest BCUT2D eigenvalue weighted by atomic mass is 9.90. The molecule has 0 aromatic heterocycles. The molecule has 33 heteroatoms. The number of carboxylic acids is 1. The Kier molecular flexibility index (Phi) is 47.4. The van der Waals surface area contributed by atoms with E-state index in [1.165, 1.54) is 148 Å². The van der Waals surface area contributed by atoms with Crippen molar-refractivity contribution < 1.29 is 154 Å². The normalized spacial score (nSPS) is 34.1. The van der Waals surface area contributed by atoms with Gasteiger partial charge in [0.05, 0.1) is 57.9 Å². The van der Waals surface area contributed by atoms with Gasteiger partial charge in [0.25, 0.3) is 5.79 Å².